The van der Waals surface area contributed by atoms with Crippen LogP contribution in [0.25, 0.3) is 16.7 Å². The van der Waals surface area contributed by atoms with Gasteiger partial charge >= 0.3 is 6.18 Å². The minimum Gasteiger partial charge on any atom is -0.325 e. The lowest BCUT2D eigenvalue weighted by atomic mass is 9.95. The fourth-order valence-electron chi connectivity index (χ4n) is 4.53. The third-order valence-electron chi connectivity index (χ3n) is 6.49. The molecule has 0 saturated heterocycles. The molecule has 5 nitrogen and oxygen atoms in total. The van der Waals surface area contributed by atoms with Crippen LogP contribution in [0.2, 0.25) is 5.28 Å². The van der Waals surface area contributed by atoms with Gasteiger partial charge in [0.05, 0.1) is 5.52 Å². The monoisotopic (exact) mass is 485 g/mol. The quantitative estimate of drug-likeness (QED) is 0.251. The average Bonchev–Trinajstić information content (AvgIpc) is 3.53. The Morgan fingerprint density at radius 1 is 1.09 bits per heavy atom. The van der Waals surface area contributed by atoms with E-state index in [0.717, 1.165) is 17.7 Å². The molecule has 6 rings (SSSR count). The van der Waals surface area contributed by atoms with Gasteiger partial charge in [0, 0.05) is 23.2 Å². The Balaban J connectivity index is 1.51. The van der Waals surface area contributed by atoms with Crippen LogP contribution in [-0.4, -0.2) is 32.3 Å². The van der Waals surface area contributed by atoms with E-state index in [1.54, 1.807) is 22.6 Å². The van der Waals surface area contributed by atoms with Crippen LogP contribution in [0.3, 0.4) is 0 Å². The van der Waals surface area contributed by atoms with E-state index in [4.69, 9.17) is 11.6 Å². The first-order valence-corrected chi connectivity index (χ1v) is 11.1. The molecule has 2 aliphatic rings. The van der Waals surface area contributed by atoms with Crippen LogP contribution in [-0.2, 0) is 6.42 Å². The Morgan fingerprint density at radius 3 is 2.68 bits per heavy atom. The predicted octanol–water partition coefficient (Wildman–Crippen LogP) is 5.85. The molecule has 0 bridgehead atoms. The molecule has 34 heavy (non-hydrogen) atoms. The molecule has 1 saturated carbocycles. The summed E-state index contributed by atoms with van der Waals surface area (Å²) in [5, 5.41) is 8.54. The van der Waals surface area contributed by atoms with Gasteiger partial charge in [-0.25, -0.2) is 8.79 Å². The van der Waals surface area contributed by atoms with Crippen molar-refractivity contribution in [3.05, 3.63) is 58.6 Å². The third kappa shape index (κ3) is 3.20. The Labute approximate surface area is 196 Å². The summed E-state index contributed by atoms with van der Waals surface area (Å²) in [6.07, 6.45) is -2.86. The lowest BCUT2D eigenvalue weighted by Gasteiger charge is -2.32. The fraction of sp³-hybridized carbons (Fsp3) is 0.292. The van der Waals surface area contributed by atoms with Gasteiger partial charge in [-0.05, 0) is 73.2 Å². The molecule has 1 aliphatic heterocycles. The van der Waals surface area contributed by atoms with Gasteiger partial charge in [0.1, 0.15) is 17.1 Å². The molecule has 172 valence electrons. The minimum absolute atomic E-state index is 0.0348. The van der Waals surface area contributed by atoms with Crippen molar-refractivity contribution in [3.8, 4) is 11.8 Å². The number of anilines is 2. The summed E-state index contributed by atoms with van der Waals surface area (Å²) in [4.78, 5) is 6.56. The zero-order chi connectivity index (χ0) is 23.7. The zero-order valence-corrected chi connectivity index (χ0v) is 18.4. The number of hydrogen-bond acceptors (Lipinski definition) is 4. The maximum Gasteiger partial charge on any atom is 0.405 e. The van der Waals surface area contributed by atoms with Crippen LogP contribution < -0.4 is 4.90 Å². The highest BCUT2D eigenvalue weighted by atomic mass is 35.5. The first-order valence-electron chi connectivity index (χ1n) is 10.8. The van der Waals surface area contributed by atoms with E-state index in [1.807, 2.05) is 11.0 Å². The molecule has 0 atom stereocenters. The van der Waals surface area contributed by atoms with E-state index in [2.05, 4.69) is 27.0 Å². The molecule has 4 aromatic rings. The van der Waals surface area contributed by atoms with Gasteiger partial charge in [0.25, 0.3) is 5.78 Å². The highest BCUT2D eigenvalue weighted by Crippen LogP contribution is 2.57. The largest absolute Gasteiger partial charge is 0.405 e. The summed E-state index contributed by atoms with van der Waals surface area (Å²) in [6, 6.07) is 9.69. The number of hydrogen-bond donors (Lipinski definition) is 0. The van der Waals surface area contributed by atoms with Gasteiger partial charge in [-0.1, -0.05) is 17.9 Å². The standard InChI is InChI=1S/C24H16ClF4N5/c25-21-31-32-22-30-20(17-13-15(26)6-7-19(17)34(21)22)33-12-2-4-16-14(3-1-5-18(16)33)8-9-23(10-11-23)24(27,28)29/h1,3,5-7,13H,2,4,10-12H2. The van der Waals surface area contributed by atoms with Crippen molar-refractivity contribution in [2.45, 2.75) is 31.9 Å². The summed E-state index contributed by atoms with van der Waals surface area (Å²) in [5.74, 6) is 5.62. The molecule has 2 aromatic heterocycles. The highest BCUT2D eigenvalue weighted by Gasteiger charge is 2.62. The zero-order valence-electron chi connectivity index (χ0n) is 17.6. The summed E-state index contributed by atoms with van der Waals surface area (Å²) in [7, 11) is 0. The van der Waals surface area contributed by atoms with E-state index in [-0.39, 0.29) is 23.9 Å². The van der Waals surface area contributed by atoms with E-state index < -0.39 is 17.4 Å². The van der Waals surface area contributed by atoms with Crippen LogP contribution in [0.5, 0.6) is 0 Å². The van der Waals surface area contributed by atoms with Gasteiger partial charge < -0.3 is 4.90 Å². The van der Waals surface area contributed by atoms with E-state index in [9.17, 15) is 17.6 Å². The van der Waals surface area contributed by atoms with Crippen LogP contribution in [0, 0.1) is 23.1 Å². The first-order chi connectivity index (χ1) is 16.3. The van der Waals surface area contributed by atoms with Crippen molar-refractivity contribution in [1.29, 1.82) is 0 Å². The molecule has 0 amide bonds. The van der Waals surface area contributed by atoms with Crippen molar-refractivity contribution >= 4 is 39.8 Å². The number of alkyl halides is 3. The van der Waals surface area contributed by atoms with Crippen molar-refractivity contribution < 1.29 is 17.6 Å². The average molecular weight is 486 g/mol. The molecule has 2 aromatic carbocycles. The number of rotatable bonds is 1. The van der Waals surface area contributed by atoms with Crippen LogP contribution in [0.1, 0.15) is 30.4 Å². The summed E-state index contributed by atoms with van der Waals surface area (Å²) in [6.45, 7) is 0.590. The van der Waals surface area contributed by atoms with Crippen molar-refractivity contribution in [2.75, 3.05) is 11.4 Å². The first kappa shape index (κ1) is 21.2. The van der Waals surface area contributed by atoms with E-state index in [0.29, 0.717) is 35.2 Å². The van der Waals surface area contributed by atoms with Gasteiger partial charge in [-0.2, -0.15) is 18.2 Å². The third-order valence-corrected chi connectivity index (χ3v) is 6.73. The smallest absolute Gasteiger partial charge is 0.325 e. The van der Waals surface area contributed by atoms with Gasteiger partial charge in [0.2, 0.25) is 5.28 Å². The Morgan fingerprint density at radius 2 is 1.91 bits per heavy atom. The molecule has 1 fully saturated rings. The number of aromatic nitrogens is 4. The molecule has 3 heterocycles. The molecule has 0 N–H and O–H groups in total. The van der Waals surface area contributed by atoms with Crippen LogP contribution in [0.15, 0.2) is 36.4 Å². The second-order valence-corrected chi connectivity index (χ2v) is 8.93. The molecule has 0 spiro atoms. The second-order valence-electron chi connectivity index (χ2n) is 8.59. The molecule has 0 unspecified atom stereocenters. The van der Waals surface area contributed by atoms with Crippen LogP contribution in [0.4, 0.5) is 29.1 Å². The number of halogens is 5. The van der Waals surface area contributed by atoms with Gasteiger partial charge in [0.15, 0.2) is 0 Å². The predicted molar refractivity (Wildman–Crippen MR) is 120 cm³/mol. The summed E-state index contributed by atoms with van der Waals surface area (Å²) >= 11 is 6.19. The SMILES string of the molecule is Fc1ccc2c(c1)c(N1CCCc3c(C#CC4(C(F)(F)F)CC4)cccc31)nc1nnc(Cl)n12. The lowest BCUT2D eigenvalue weighted by molar-refractivity contribution is -0.168. The van der Waals surface area contributed by atoms with E-state index in [1.165, 1.54) is 12.1 Å². The van der Waals surface area contributed by atoms with Crippen molar-refractivity contribution in [2.24, 2.45) is 5.41 Å². The van der Waals surface area contributed by atoms with Gasteiger partial charge in [-0.15, -0.1) is 10.2 Å². The molecule has 1 aliphatic carbocycles. The number of benzene rings is 2. The normalized spacial score (nSPS) is 16.9. The maximum absolute atomic E-state index is 14.3. The molecular weight excluding hydrogens is 470 g/mol. The summed E-state index contributed by atoms with van der Waals surface area (Å²) < 4.78 is 55.9. The summed E-state index contributed by atoms with van der Waals surface area (Å²) in [5.41, 5.74) is 0.908. The fourth-order valence-corrected chi connectivity index (χ4v) is 4.74. The van der Waals surface area contributed by atoms with Gasteiger partial charge in [-0.3, -0.25) is 0 Å². The van der Waals surface area contributed by atoms with Crippen molar-refractivity contribution in [1.82, 2.24) is 19.6 Å². The molecule has 0 radical (unpaired) electrons. The number of fused-ring (bicyclic) bond motifs is 4. The Kier molecular flexibility index (Phi) is 4.55. The Hall–Kier alpha value is -3.38. The second kappa shape index (κ2) is 7.31. The minimum atomic E-state index is -4.33. The molecular formula is C24H16ClF4N5. The van der Waals surface area contributed by atoms with Crippen LogP contribution >= 0.6 is 11.6 Å². The lowest BCUT2D eigenvalue weighted by Crippen LogP contribution is -2.26. The topological polar surface area (TPSA) is 46.3 Å². The van der Waals surface area contributed by atoms with E-state index >= 15 is 0 Å². The maximum atomic E-state index is 14.3. The molecule has 10 heteroatoms. The Bertz CT molecular complexity index is 1530. The highest BCUT2D eigenvalue weighted by molar-refractivity contribution is 6.29. The number of nitrogens with zero attached hydrogens (tertiary/aromatic N) is 5. The van der Waals surface area contributed by atoms with Crippen molar-refractivity contribution in [3.63, 3.8) is 0 Å².